The number of halogens is 3. The van der Waals surface area contributed by atoms with Gasteiger partial charge in [0.1, 0.15) is 5.82 Å². The molecule has 0 bridgehead atoms. The number of piperidine rings is 1. The van der Waals surface area contributed by atoms with Crippen LogP contribution in [0.4, 0.5) is 8.78 Å². The normalized spacial score (nSPS) is 19.6. The van der Waals surface area contributed by atoms with E-state index >= 15 is 0 Å². The number of carbonyl (C=O) groups excluding carboxylic acids is 2. The summed E-state index contributed by atoms with van der Waals surface area (Å²) in [6.07, 6.45) is 1.39. The minimum Gasteiger partial charge on any atom is -0.457 e. The van der Waals surface area contributed by atoms with Crippen LogP contribution in [0.25, 0.3) is 0 Å². The molecule has 1 aliphatic heterocycles. The number of ketones is 1. The van der Waals surface area contributed by atoms with E-state index in [1.807, 2.05) is 0 Å². The fourth-order valence-electron chi connectivity index (χ4n) is 2.39. The van der Waals surface area contributed by atoms with Crippen LogP contribution in [0, 0.1) is 6.92 Å². The maximum Gasteiger partial charge on any atom is 0.303 e. The average molecular weight is 350 g/mol. The van der Waals surface area contributed by atoms with Gasteiger partial charge in [-0.25, -0.2) is 18.7 Å². The van der Waals surface area contributed by atoms with Crippen molar-refractivity contribution in [2.24, 2.45) is 0 Å². The van der Waals surface area contributed by atoms with Gasteiger partial charge in [0.05, 0.1) is 23.7 Å². The highest BCUT2D eigenvalue weighted by Crippen LogP contribution is 2.38. The van der Waals surface area contributed by atoms with Crippen LogP contribution < -0.4 is 5.32 Å². The Labute approximate surface area is 138 Å². The highest BCUT2D eigenvalue weighted by atomic mass is 35.5. The van der Waals surface area contributed by atoms with E-state index in [9.17, 15) is 18.4 Å². The van der Waals surface area contributed by atoms with E-state index in [2.05, 4.69) is 20.0 Å². The third-order valence-corrected chi connectivity index (χ3v) is 3.46. The third-order valence-electron chi connectivity index (χ3n) is 3.46. The maximum absolute atomic E-state index is 14.1. The van der Waals surface area contributed by atoms with Crippen molar-refractivity contribution < 1.29 is 23.1 Å². The molecule has 0 spiro atoms. The predicted octanol–water partition coefficient (Wildman–Crippen LogP) is 1.66. The zero-order valence-electron chi connectivity index (χ0n) is 12.8. The summed E-state index contributed by atoms with van der Waals surface area (Å²) in [6.45, 7) is 2.19. The van der Waals surface area contributed by atoms with Crippen LogP contribution >= 0.6 is 12.4 Å². The molecule has 1 aliphatic rings. The van der Waals surface area contributed by atoms with Crippen molar-refractivity contribution >= 4 is 24.2 Å². The van der Waals surface area contributed by atoms with Crippen LogP contribution in [-0.4, -0.2) is 47.3 Å². The molecule has 9 heteroatoms. The van der Waals surface area contributed by atoms with Crippen LogP contribution in [-0.2, 0) is 9.53 Å². The molecular formula is C14H18ClF2N3O3. The van der Waals surface area contributed by atoms with Gasteiger partial charge in [0.25, 0.3) is 5.92 Å². The van der Waals surface area contributed by atoms with Gasteiger partial charge in [0.2, 0.25) is 5.78 Å². The summed E-state index contributed by atoms with van der Waals surface area (Å²) in [6, 6.07) is 0. The Morgan fingerprint density at radius 2 is 2.17 bits per heavy atom. The van der Waals surface area contributed by atoms with E-state index in [-0.39, 0.29) is 30.1 Å². The first-order valence-electron chi connectivity index (χ1n) is 6.90. The Hall–Kier alpha value is -1.67. The van der Waals surface area contributed by atoms with Gasteiger partial charge in [0.15, 0.2) is 6.61 Å². The van der Waals surface area contributed by atoms with E-state index in [4.69, 9.17) is 0 Å². The number of esters is 1. The van der Waals surface area contributed by atoms with E-state index < -0.39 is 36.7 Å². The molecular weight excluding hydrogens is 332 g/mol. The van der Waals surface area contributed by atoms with Gasteiger partial charge in [-0.15, -0.1) is 12.4 Å². The van der Waals surface area contributed by atoms with E-state index in [0.717, 1.165) is 0 Å². The van der Waals surface area contributed by atoms with E-state index in [1.165, 1.54) is 13.1 Å². The number of alkyl halides is 2. The minimum absolute atomic E-state index is 0. The summed E-state index contributed by atoms with van der Waals surface area (Å²) in [7, 11) is 0. The van der Waals surface area contributed by atoms with Crippen molar-refractivity contribution in [3.05, 3.63) is 23.3 Å². The maximum atomic E-state index is 14.1. The first-order chi connectivity index (χ1) is 10.3. The SMILES string of the molecule is CC(=O)OCC(=O)c1cnc(C)nc1C1CCNCC1(F)F.Cl. The molecule has 1 aromatic heterocycles. The van der Waals surface area contributed by atoms with Crippen LogP contribution in [0.15, 0.2) is 6.20 Å². The number of aromatic nitrogens is 2. The smallest absolute Gasteiger partial charge is 0.303 e. The quantitative estimate of drug-likeness (QED) is 0.657. The second-order valence-corrected chi connectivity index (χ2v) is 5.20. The van der Waals surface area contributed by atoms with Gasteiger partial charge in [0, 0.05) is 13.1 Å². The number of hydrogen-bond donors (Lipinski definition) is 1. The molecule has 0 aliphatic carbocycles. The van der Waals surface area contributed by atoms with Gasteiger partial charge in [-0.1, -0.05) is 0 Å². The fraction of sp³-hybridized carbons (Fsp3) is 0.571. The first-order valence-corrected chi connectivity index (χ1v) is 6.90. The molecule has 0 radical (unpaired) electrons. The topological polar surface area (TPSA) is 81.2 Å². The highest BCUT2D eigenvalue weighted by Gasteiger charge is 2.44. The molecule has 128 valence electrons. The second kappa shape index (κ2) is 7.74. The zero-order valence-corrected chi connectivity index (χ0v) is 13.6. The van der Waals surface area contributed by atoms with Gasteiger partial charge in [-0.2, -0.15) is 0 Å². The van der Waals surface area contributed by atoms with E-state index in [0.29, 0.717) is 12.4 Å². The molecule has 1 N–H and O–H groups in total. The van der Waals surface area contributed by atoms with Gasteiger partial charge >= 0.3 is 5.97 Å². The molecule has 6 nitrogen and oxygen atoms in total. The fourth-order valence-corrected chi connectivity index (χ4v) is 2.39. The largest absolute Gasteiger partial charge is 0.457 e. The molecule has 0 amide bonds. The summed E-state index contributed by atoms with van der Waals surface area (Å²) >= 11 is 0. The van der Waals surface area contributed by atoms with Crippen molar-refractivity contribution in [2.75, 3.05) is 19.7 Å². The molecule has 2 heterocycles. The third kappa shape index (κ3) is 4.65. The lowest BCUT2D eigenvalue weighted by atomic mass is 9.87. The lowest BCUT2D eigenvalue weighted by Crippen LogP contribution is -2.45. The molecule has 1 fully saturated rings. The predicted molar refractivity (Wildman–Crippen MR) is 80.2 cm³/mol. The number of ether oxygens (including phenoxy) is 1. The molecule has 0 aromatic carbocycles. The van der Waals surface area contributed by atoms with Crippen molar-refractivity contribution in [3.63, 3.8) is 0 Å². The summed E-state index contributed by atoms with van der Waals surface area (Å²) in [5.74, 6) is -5.05. The lowest BCUT2D eigenvalue weighted by Gasteiger charge is -2.32. The number of rotatable bonds is 4. The standard InChI is InChI=1S/C14H17F2N3O3.ClH/c1-8-18-5-10(12(21)6-22-9(2)20)13(19-8)11-3-4-17-7-14(11,15)16;/h5,11,17H,3-4,6-7H2,1-2H3;1H. The van der Waals surface area contributed by atoms with Crippen molar-refractivity contribution in [3.8, 4) is 0 Å². The van der Waals surface area contributed by atoms with Crippen LogP contribution in [0.1, 0.15) is 41.1 Å². The summed E-state index contributed by atoms with van der Waals surface area (Å²) < 4.78 is 32.9. The van der Waals surface area contributed by atoms with Gasteiger partial charge in [-0.05, 0) is 19.9 Å². The number of hydrogen-bond acceptors (Lipinski definition) is 6. The average Bonchev–Trinajstić information content (AvgIpc) is 2.44. The second-order valence-electron chi connectivity index (χ2n) is 5.20. The summed E-state index contributed by atoms with van der Waals surface area (Å²) in [4.78, 5) is 30.9. The Morgan fingerprint density at radius 3 is 2.78 bits per heavy atom. The number of nitrogens with one attached hydrogen (secondary N) is 1. The number of aryl methyl sites for hydroxylation is 1. The molecule has 2 rings (SSSR count). The van der Waals surface area contributed by atoms with Crippen LogP contribution in [0.3, 0.4) is 0 Å². The zero-order chi connectivity index (χ0) is 16.3. The highest BCUT2D eigenvalue weighted by molar-refractivity contribution is 5.98. The summed E-state index contributed by atoms with van der Waals surface area (Å²) in [5.41, 5.74) is 0.00887. The molecule has 1 unspecified atom stereocenters. The minimum atomic E-state index is -3.00. The Balaban J connectivity index is 0.00000264. The van der Waals surface area contributed by atoms with Crippen LogP contribution in [0.5, 0.6) is 0 Å². The van der Waals surface area contributed by atoms with Crippen molar-refractivity contribution in [1.82, 2.24) is 15.3 Å². The Kier molecular flexibility index (Phi) is 6.52. The van der Waals surface area contributed by atoms with Crippen LogP contribution in [0.2, 0.25) is 0 Å². The van der Waals surface area contributed by atoms with Gasteiger partial charge < -0.3 is 10.1 Å². The lowest BCUT2D eigenvalue weighted by molar-refractivity contribution is -0.139. The molecule has 23 heavy (non-hydrogen) atoms. The molecule has 1 atom stereocenters. The Morgan fingerprint density at radius 1 is 1.48 bits per heavy atom. The molecule has 0 saturated carbocycles. The number of Topliss-reactive ketones (excluding diaryl/α,β-unsaturated/α-hetero) is 1. The summed E-state index contributed by atoms with van der Waals surface area (Å²) in [5, 5.41) is 2.63. The number of nitrogens with zero attached hydrogens (tertiary/aromatic N) is 2. The molecule has 1 saturated heterocycles. The van der Waals surface area contributed by atoms with Crippen molar-refractivity contribution in [2.45, 2.75) is 32.1 Å². The first kappa shape index (κ1) is 19.4. The van der Waals surface area contributed by atoms with E-state index in [1.54, 1.807) is 6.92 Å². The van der Waals surface area contributed by atoms with Gasteiger partial charge in [-0.3, -0.25) is 9.59 Å². The molecule has 1 aromatic rings. The monoisotopic (exact) mass is 349 g/mol. The Bertz CT molecular complexity index is 599. The number of carbonyl (C=O) groups is 2. The van der Waals surface area contributed by atoms with Crippen molar-refractivity contribution in [1.29, 1.82) is 0 Å².